The Kier molecular flexibility index (Phi) is 6.74. The van der Waals surface area contributed by atoms with Crippen LogP contribution in [0.4, 0.5) is 4.79 Å². The monoisotopic (exact) mass is 423 g/mol. The third kappa shape index (κ3) is 4.60. The standard InChI is InChI=1S/C24H25NO6/c1-5-30-23(27)20(13-19-15(2)11-18(29-4)12-16(19)3)22(26)25-21(14-31-24(25)28)17-9-7-6-8-10-17/h6-13,21H,5,14H2,1-4H3/b20-13-/t21-/m1/s1. The van der Waals surface area contributed by atoms with E-state index in [9.17, 15) is 14.4 Å². The zero-order valence-electron chi connectivity index (χ0n) is 18.0. The van der Waals surface area contributed by atoms with Crippen LogP contribution in [0.2, 0.25) is 0 Å². The number of benzene rings is 2. The molecular weight excluding hydrogens is 398 g/mol. The zero-order chi connectivity index (χ0) is 22.5. The fourth-order valence-electron chi connectivity index (χ4n) is 3.54. The number of amides is 2. The number of aryl methyl sites for hydroxylation is 2. The van der Waals surface area contributed by atoms with E-state index in [4.69, 9.17) is 14.2 Å². The van der Waals surface area contributed by atoms with Gasteiger partial charge in [-0.25, -0.2) is 14.5 Å². The molecule has 2 amide bonds. The summed E-state index contributed by atoms with van der Waals surface area (Å²) in [5.41, 5.74) is 2.81. The quantitative estimate of drug-likeness (QED) is 0.303. The van der Waals surface area contributed by atoms with E-state index in [2.05, 4.69) is 0 Å². The van der Waals surface area contributed by atoms with Crippen molar-refractivity contribution in [1.29, 1.82) is 0 Å². The lowest BCUT2D eigenvalue weighted by molar-refractivity contribution is -0.141. The van der Waals surface area contributed by atoms with Crippen molar-refractivity contribution in [3.05, 3.63) is 70.3 Å². The summed E-state index contributed by atoms with van der Waals surface area (Å²) in [5.74, 6) is -0.888. The second-order valence-corrected chi connectivity index (χ2v) is 7.13. The van der Waals surface area contributed by atoms with Crippen LogP contribution in [0.1, 0.15) is 35.2 Å². The van der Waals surface area contributed by atoms with E-state index in [1.807, 2.05) is 44.2 Å². The number of hydrogen-bond donors (Lipinski definition) is 0. The Hall–Kier alpha value is -3.61. The predicted molar refractivity (Wildman–Crippen MR) is 114 cm³/mol. The third-order valence-corrected chi connectivity index (χ3v) is 5.09. The van der Waals surface area contributed by atoms with Gasteiger partial charge in [0, 0.05) is 0 Å². The van der Waals surface area contributed by atoms with Gasteiger partial charge in [-0.1, -0.05) is 30.3 Å². The summed E-state index contributed by atoms with van der Waals surface area (Å²) < 4.78 is 15.5. The Morgan fingerprint density at radius 1 is 1.16 bits per heavy atom. The fourth-order valence-corrected chi connectivity index (χ4v) is 3.54. The normalized spacial score (nSPS) is 16.1. The summed E-state index contributed by atoms with van der Waals surface area (Å²) >= 11 is 0. The number of cyclic esters (lactones) is 1. The molecule has 0 spiro atoms. The second kappa shape index (κ2) is 9.47. The Morgan fingerprint density at radius 2 is 1.81 bits per heavy atom. The van der Waals surface area contributed by atoms with Crippen molar-refractivity contribution in [3.63, 3.8) is 0 Å². The van der Waals surface area contributed by atoms with Gasteiger partial charge >= 0.3 is 12.1 Å². The number of ether oxygens (including phenoxy) is 3. The second-order valence-electron chi connectivity index (χ2n) is 7.13. The first-order chi connectivity index (χ1) is 14.9. The molecule has 2 aromatic rings. The zero-order valence-corrected chi connectivity index (χ0v) is 18.0. The molecular formula is C24H25NO6. The molecule has 1 heterocycles. The molecule has 0 aliphatic carbocycles. The van der Waals surface area contributed by atoms with Gasteiger partial charge in [-0.3, -0.25) is 4.79 Å². The van der Waals surface area contributed by atoms with Crippen molar-refractivity contribution < 1.29 is 28.6 Å². The number of carbonyl (C=O) groups excluding carboxylic acids is 3. The average Bonchev–Trinajstić information content (AvgIpc) is 3.14. The number of carbonyl (C=O) groups is 3. The number of rotatable bonds is 6. The van der Waals surface area contributed by atoms with Crippen LogP contribution in [0, 0.1) is 13.8 Å². The Morgan fingerprint density at radius 3 is 2.39 bits per heavy atom. The first-order valence-electron chi connectivity index (χ1n) is 9.96. The van der Waals surface area contributed by atoms with Crippen LogP contribution in [-0.2, 0) is 19.1 Å². The van der Waals surface area contributed by atoms with Gasteiger partial charge in [-0.05, 0) is 61.2 Å². The lowest BCUT2D eigenvalue weighted by atomic mass is 9.98. The smallest absolute Gasteiger partial charge is 0.417 e. The number of esters is 1. The van der Waals surface area contributed by atoms with Crippen molar-refractivity contribution in [2.45, 2.75) is 26.8 Å². The van der Waals surface area contributed by atoms with E-state index < -0.39 is 24.0 Å². The molecule has 0 radical (unpaired) electrons. The maximum Gasteiger partial charge on any atom is 0.417 e. The highest BCUT2D eigenvalue weighted by Gasteiger charge is 2.41. The number of methoxy groups -OCH3 is 1. The average molecular weight is 423 g/mol. The summed E-state index contributed by atoms with van der Waals surface area (Å²) in [6, 6.07) is 12.1. The van der Waals surface area contributed by atoms with E-state index in [0.717, 1.165) is 21.6 Å². The summed E-state index contributed by atoms with van der Waals surface area (Å²) in [4.78, 5) is 39.6. The summed E-state index contributed by atoms with van der Waals surface area (Å²) in [6.45, 7) is 5.47. The van der Waals surface area contributed by atoms with E-state index in [-0.39, 0.29) is 18.8 Å². The highest BCUT2D eigenvalue weighted by atomic mass is 16.6. The van der Waals surface area contributed by atoms with Gasteiger partial charge < -0.3 is 14.2 Å². The van der Waals surface area contributed by atoms with Gasteiger partial charge in [0.2, 0.25) is 0 Å². The highest BCUT2D eigenvalue weighted by molar-refractivity contribution is 6.22. The Balaban J connectivity index is 2.07. The van der Waals surface area contributed by atoms with Crippen LogP contribution in [0.25, 0.3) is 6.08 Å². The topological polar surface area (TPSA) is 82.1 Å². The molecule has 1 aliphatic heterocycles. The Labute approximate surface area is 181 Å². The van der Waals surface area contributed by atoms with Gasteiger partial charge in [0.15, 0.2) is 0 Å². The predicted octanol–water partition coefficient (Wildman–Crippen LogP) is 3.98. The lowest BCUT2D eigenvalue weighted by Gasteiger charge is -2.21. The molecule has 1 fully saturated rings. The largest absolute Gasteiger partial charge is 0.497 e. The molecule has 1 aliphatic rings. The fraction of sp³-hybridized carbons (Fsp3) is 0.292. The molecule has 1 saturated heterocycles. The van der Waals surface area contributed by atoms with Crippen molar-refractivity contribution in [2.24, 2.45) is 0 Å². The van der Waals surface area contributed by atoms with Crippen LogP contribution in [0.3, 0.4) is 0 Å². The van der Waals surface area contributed by atoms with Gasteiger partial charge in [0.05, 0.1) is 13.7 Å². The van der Waals surface area contributed by atoms with E-state index in [1.165, 1.54) is 6.08 Å². The van der Waals surface area contributed by atoms with E-state index >= 15 is 0 Å². The van der Waals surface area contributed by atoms with Crippen molar-refractivity contribution in [1.82, 2.24) is 4.90 Å². The summed E-state index contributed by atoms with van der Waals surface area (Å²) in [5, 5.41) is 0. The SMILES string of the molecule is CCOC(=O)/C(=C\c1c(C)cc(OC)cc1C)C(=O)N1C(=O)OC[C@@H]1c1ccccc1. The minimum Gasteiger partial charge on any atom is -0.497 e. The van der Waals surface area contributed by atoms with Gasteiger partial charge in [0.25, 0.3) is 5.91 Å². The molecule has 0 saturated carbocycles. The number of imide groups is 1. The molecule has 0 aromatic heterocycles. The van der Waals surface area contributed by atoms with E-state index in [0.29, 0.717) is 11.3 Å². The van der Waals surface area contributed by atoms with Crippen LogP contribution in [0.5, 0.6) is 5.75 Å². The van der Waals surface area contributed by atoms with Crippen molar-refractivity contribution in [2.75, 3.05) is 20.3 Å². The van der Waals surface area contributed by atoms with Gasteiger partial charge in [-0.15, -0.1) is 0 Å². The minimum atomic E-state index is -0.798. The first kappa shape index (κ1) is 22.1. The number of nitrogens with zero attached hydrogens (tertiary/aromatic N) is 1. The van der Waals surface area contributed by atoms with Gasteiger partial charge in [0.1, 0.15) is 24.0 Å². The summed E-state index contributed by atoms with van der Waals surface area (Å²) in [7, 11) is 1.57. The molecule has 3 rings (SSSR count). The Bertz CT molecular complexity index is 1000. The van der Waals surface area contributed by atoms with Crippen LogP contribution in [0.15, 0.2) is 48.0 Å². The number of hydrogen-bond acceptors (Lipinski definition) is 6. The molecule has 0 N–H and O–H groups in total. The molecule has 162 valence electrons. The molecule has 7 nitrogen and oxygen atoms in total. The summed E-state index contributed by atoms with van der Waals surface area (Å²) in [6.07, 6.45) is 0.676. The molecule has 7 heteroatoms. The molecule has 0 unspecified atom stereocenters. The maximum atomic E-state index is 13.4. The van der Waals surface area contributed by atoms with Crippen LogP contribution >= 0.6 is 0 Å². The van der Waals surface area contributed by atoms with Crippen molar-refractivity contribution >= 4 is 24.0 Å². The van der Waals surface area contributed by atoms with Crippen LogP contribution in [-0.4, -0.2) is 43.2 Å². The first-order valence-corrected chi connectivity index (χ1v) is 9.96. The van der Waals surface area contributed by atoms with Crippen LogP contribution < -0.4 is 4.74 Å². The minimum absolute atomic E-state index is 0.0191. The lowest BCUT2D eigenvalue weighted by Crippen LogP contribution is -2.37. The highest BCUT2D eigenvalue weighted by Crippen LogP contribution is 2.31. The third-order valence-electron chi connectivity index (χ3n) is 5.09. The van der Waals surface area contributed by atoms with Crippen molar-refractivity contribution in [3.8, 4) is 5.75 Å². The van der Waals surface area contributed by atoms with Gasteiger partial charge in [-0.2, -0.15) is 0 Å². The van der Waals surface area contributed by atoms with E-state index in [1.54, 1.807) is 26.2 Å². The molecule has 31 heavy (non-hydrogen) atoms. The molecule has 1 atom stereocenters. The maximum absolute atomic E-state index is 13.4. The molecule has 2 aromatic carbocycles. The molecule has 0 bridgehead atoms.